The predicted molar refractivity (Wildman–Crippen MR) is 62.4 cm³/mol. The van der Waals surface area contributed by atoms with Gasteiger partial charge < -0.3 is 4.57 Å². The molecule has 1 heterocycles. The fourth-order valence-corrected chi connectivity index (χ4v) is 2.01. The van der Waals surface area contributed by atoms with E-state index < -0.39 is 0 Å². The minimum Gasteiger partial charge on any atom is -0.350 e. The first-order valence-electron chi connectivity index (χ1n) is 4.97. The molecule has 0 unspecified atom stereocenters. The molecule has 2 rings (SSSR count). The van der Waals surface area contributed by atoms with Gasteiger partial charge in [0, 0.05) is 24.1 Å². The number of hydrogen-bond acceptors (Lipinski definition) is 0. The van der Waals surface area contributed by atoms with E-state index in [4.69, 9.17) is 0 Å². The van der Waals surface area contributed by atoms with Crippen molar-refractivity contribution in [2.45, 2.75) is 13.3 Å². The average Bonchev–Trinajstić information content (AvgIpc) is 2.56. The van der Waals surface area contributed by atoms with Crippen LogP contribution in [-0.4, -0.2) is 4.57 Å². The number of aryl methyl sites for hydroxylation is 2. The normalized spacial score (nSPS) is 10.7. The van der Waals surface area contributed by atoms with Gasteiger partial charge in [-0.25, -0.2) is 0 Å². The molecule has 0 atom stereocenters. The standard InChI is InChI=1S/C13H15N/c1-4-10-7-6-8-12-13(10)11(5-2)9-14(12)3/h4,6-9H,1,5H2,2-3H3. The van der Waals surface area contributed by atoms with Crippen molar-refractivity contribution >= 4 is 17.0 Å². The van der Waals surface area contributed by atoms with E-state index in [0.29, 0.717) is 0 Å². The quantitative estimate of drug-likeness (QED) is 0.676. The summed E-state index contributed by atoms with van der Waals surface area (Å²) >= 11 is 0. The van der Waals surface area contributed by atoms with Crippen molar-refractivity contribution < 1.29 is 0 Å². The molecular weight excluding hydrogens is 170 g/mol. The van der Waals surface area contributed by atoms with Gasteiger partial charge >= 0.3 is 0 Å². The van der Waals surface area contributed by atoms with Gasteiger partial charge in [-0.2, -0.15) is 0 Å². The third-order valence-electron chi connectivity index (χ3n) is 2.73. The van der Waals surface area contributed by atoms with E-state index in [1.54, 1.807) is 0 Å². The highest BCUT2D eigenvalue weighted by Crippen LogP contribution is 2.25. The Morgan fingerprint density at radius 2 is 2.21 bits per heavy atom. The van der Waals surface area contributed by atoms with E-state index in [1.807, 2.05) is 6.08 Å². The molecule has 0 aliphatic carbocycles. The molecule has 1 nitrogen and oxygen atoms in total. The molecule has 0 aliphatic heterocycles. The molecule has 0 saturated carbocycles. The van der Waals surface area contributed by atoms with Crippen molar-refractivity contribution in [2.24, 2.45) is 7.05 Å². The van der Waals surface area contributed by atoms with Crippen molar-refractivity contribution in [2.75, 3.05) is 0 Å². The zero-order valence-electron chi connectivity index (χ0n) is 8.75. The van der Waals surface area contributed by atoms with Crippen LogP contribution in [-0.2, 0) is 13.5 Å². The van der Waals surface area contributed by atoms with Gasteiger partial charge in [0.05, 0.1) is 0 Å². The number of hydrogen-bond donors (Lipinski definition) is 0. The lowest BCUT2D eigenvalue weighted by molar-refractivity contribution is 0.954. The minimum absolute atomic E-state index is 1.07. The van der Waals surface area contributed by atoms with Gasteiger partial charge in [-0.3, -0.25) is 0 Å². The Bertz CT molecular complexity index is 477. The molecule has 1 heteroatoms. The zero-order valence-corrected chi connectivity index (χ0v) is 8.75. The molecule has 2 aromatic rings. The van der Waals surface area contributed by atoms with Crippen molar-refractivity contribution in [3.05, 3.63) is 42.1 Å². The van der Waals surface area contributed by atoms with Gasteiger partial charge in [0.1, 0.15) is 0 Å². The van der Waals surface area contributed by atoms with Crippen molar-refractivity contribution in [3.8, 4) is 0 Å². The third-order valence-corrected chi connectivity index (χ3v) is 2.73. The highest BCUT2D eigenvalue weighted by atomic mass is 14.9. The molecule has 14 heavy (non-hydrogen) atoms. The molecule has 0 saturated heterocycles. The highest BCUT2D eigenvalue weighted by molar-refractivity contribution is 5.91. The number of fused-ring (bicyclic) bond motifs is 1. The van der Waals surface area contributed by atoms with Crippen LogP contribution in [0.5, 0.6) is 0 Å². The lowest BCUT2D eigenvalue weighted by atomic mass is 10.1. The van der Waals surface area contributed by atoms with Gasteiger partial charge in [0.15, 0.2) is 0 Å². The molecule has 1 aromatic carbocycles. The van der Waals surface area contributed by atoms with Crippen molar-refractivity contribution in [1.82, 2.24) is 4.57 Å². The van der Waals surface area contributed by atoms with Crippen LogP contribution in [0.4, 0.5) is 0 Å². The van der Waals surface area contributed by atoms with Crippen LogP contribution in [0.2, 0.25) is 0 Å². The second-order valence-electron chi connectivity index (χ2n) is 3.56. The maximum absolute atomic E-state index is 3.86. The van der Waals surface area contributed by atoms with Gasteiger partial charge in [-0.15, -0.1) is 0 Å². The van der Waals surface area contributed by atoms with Crippen LogP contribution >= 0.6 is 0 Å². The maximum Gasteiger partial charge on any atom is 0.0486 e. The Hall–Kier alpha value is -1.50. The first-order valence-corrected chi connectivity index (χ1v) is 4.97. The lowest BCUT2D eigenvalue weighted by Gasteiger charge is -2.00. The van der Waals surface area contributed by atoms with Crippen molar-refractivity contribution in [1.29, 1.82) is 0 Å². The monoisotopic (exact) mass is 185 g/mol. The summed E-state index contributed by atoms with van der Waals surface area (Å²) in [5.41, 5.74) is 3.93. The molecule has 0 bridgehead atoms. The fraction of sp³-hybridized carbons (Fsp3) is 0.231. The first-order chi connectivity index (χ1) is 6.77. The third kappa shape index (κ3) is 1.17. The fourth-order valence-electron chi connectivity index (χ4n) is 2.01. The Morgan fingerprint density at radius 3 is 2.86 bits per heavy atom. The Labute approximate surface area is 84.7 Å². The summed E-state index contributed by atoms with van der Waals surface area (Å²) in [7, 11) is 2.09. The van der Waals surface area contributed by atoms with Crippen LogP contribution in [0, 0.1) is 0 Å². The molecule has 0 spiro atoms. The Morgan fingerprint density at radius 1 is 1.43 bits per heavy atom. The average molecular weight is 185 g/mol. The number of benzene rings is 1. The van der Waals surface area contributed by atoms with Gasteiger partial charge in [0.25, 0.3) is 0 Å². The van der Waals surface area contributed by atoms with E-state index in [0.717, 1.165) is 6.42 Å². The van der Waals surface area contributed by atoms with Crippen LogP contribution in [0.25, 0.3) is 17.0 Å². The van der Waals surface area contributed by atoms with Crippen LogP contribution < -0.4 is 0 Å². The summed E-state index contributed by atoms with van der Waals surface area (Å²) in [5.74, 6) is 0. The number of nitrogens with zero attached hydrogens (tertiary/aromatic N) is 1. The number of rotatable bonds is 2. The van der Waals surface area contributed by atoms with E-state index >= 15 is 0 Å². The molecule has 0 N–H and O–H groups in total. The Kier molecular flexibility index (Phi) is 2.16. The van der Waals surface area contributed by atoms with E-state index in [9.17, 15) is 0 Å². The summed E-state index contributed by atoms with van der Waals surface area (Å²) in [6.45, 7) is 6.05. The SMILES string of the molecule is C=Cc1cccc2c1c(CC)cn2C. The van der Waals surface area contributed by atoms with Crippen LogP contribution in [0.15, 0.2) is 31.0 Å². The van der Waals surface area contributed by atoms with E-state index in [-0.39, 0.29) is 0 Å². The van der Waals surface area contributed by atoms with Crippen LogP contribution in [0.1, 0.15) is 18.1 Å². The Balaban J connectivity index is 2.89. The minimum atomic E-state index is 1.07. The van der Waals surface area contributed by atoms with Gasteiger partial charge in [-0.1, -0.05) is 31.7 Å². The first kappa shape index (κ1) is 9.07. The maximum atomic E-state index is 3.86. The number of aromatic nitrogens is 1. The summed E-state index contributed by atoms with van der Waals surface area (Å²) < 4.78 is 2.18. The summed E-state index contributed by atoms with van der Waals surface area (Å²) in [4.78, 5) is 0. The summed E-state index contributed by atoms with van der Waals surface area (Å²) in [6.07, 6.45) is 5.21. The second kappa shape index (κ2) is 3.33. The molecule has 0 aliphatic rings. The summed E-state index contributed by atoms with van der Waals surface area (Å²) in [6, 6.07) is 6.36. The van der Waals surface area contributed by atoms with Gasteiger partial charge in [-0.05, 0) is 23.6 Å². The highest BCUT2D eigenvalue weighted by Gasteiger charge is 2.06. The molecule has 72 valence electrons. The van der Waals surface area contributed by atoms with E-state index in [1.165, 1.54) is 22.0 Å². The topological polar surface area (TPSA) is 4.93 Å². The molecule has 0 radical (unpaired) electrons. The van der Waals surface area contributed by atoms with Crippen molar-refractivity contribution in [3.63, 3.8) is 0 Å². The largest absolute Gasteiger partial charge is 0.350 e. The zero-order chi connectivity index (χ0) is 10.1. The second-order valence-corrected chi connectivity index (χ2v) is 3.56. The summed E-state index contributed by atoms with van der Waals surface area (Å²) in [5, 5.41) is 1.35. The smallest absolute Gasteiger partial charge is 0.0486 e. The predicted octanol–water partition coefficient (Wildman–Crippen LogP) is 3.38. The van der Waals surface area contributed by atoms with Crippen LogP contribution in [0.3, 0.4) is 0 Å². The molecule has 0 fully saturated rings. The molecule has 0 amide bonds. The lowest BCUT2D eigenvalue weighted by Crippen LogP contribution is -1.83. The van der Waals surface area contributed by atoms with E-state index in [2.05, 4.69) is 49.5 Å². The molecule has 1 aromatic heterocycles. The van der Waals surface area contributed by atoms with Gasteiger partial charge in [0.2, 0.25) is 0 Å². The molecular formula is C13H15N.